The van der Waals surface area contributed by atoms with Gasteiger partial charge in [0.2, 0.25) is 0 Å². The molecule has 0 aliphatic carbocycles. The van der Waals surface area contributed by atoms with E-state index in [4.69, 9.17) is 6.42 Å². The lowest BCUT2D eigenvalue weighted by atomic mass is 10.1. The third kappa shape index (κ3) is 5.18. The van der Waals surface area contributed by atoms with Crippen LogP contribution in [0, 0.1) is 18.8 Å². The molecule has 0 aromatic carbocycles. The topological polar surface area (TPSA) is 0 Å². The van der Waals surface area contributed by atoms with E-state index in [1.807, 2.05) is 13.0 Å². The first-order valence-corrected chi connectivity index (χ1v) is 3.38. The monoisotopic (exact) mass is 133 g/mol. The van der Waals surface area contributed by atoms with Crippen molar-refractivity contribution in [2.75, 3.05) is 0 Å². The maximum absolute atomic E-state index is 5.07. The molecular formula is C10H13. The highest BCUT2D eigenvalue weighted by Gasteiger charge is 1.83. The van der Waals surface area contributed by atoms with Crippen LogP contribution in [-0.2, 0) is 0 Å². The molecule has 1 radical (unpaired) electrons. The highest BCUT2D eigenvalue weighted by Crippen LogP contribution is 2.00. The highest BCUT2D eigenvalue weighted by atomic mass is 13.9. The second-order valence-corrected chi connectivity index (χ2v) is 2.13. The molecule has 0 fully saturated rings. The van der Waals surface area contributed by atoms with Gasteiger partial charge in [0.1, 0.15) is 0 Å². The van der Waals surface area contributed by atoms with Crippen LogP contribution in [0.3, 0.4) is 0 Å². The zero-order valence-corrected chi connectivity index (χ0v) is 6.43. The van der Waals surface area contributed by atoms with Gasteiger partial charge in [-0.2, -0.15) is 0 Å². The summed E-state index contributed by atoms with van der Waals surface area (Å²) in [6.07, 6.45) is 12.9. The molecular weight excluding hydrogens is 120 g/mol. The first-order chi connectivity index (χ1) is 4.81. The van der Waals surface area contributed by atoms with E-state index in [-0.39, 0.29) is 0 Å². The van der Waals surface area contributed by atoms with Gasteiger partial charge < -0.3 is 0 Å². The van der Waals surface area contributed by atoms with Crippen LogP contribution in [-0.4, -0.2) is 0 Å². The van der Waals surface area contributed by atoms with Gasteiger partial charge in [-0.05, 0) is 19.8 Å². The number of hydrogen-bond acceptors (Lipinski definition) is 0. The van der Waals surface area contributed by atoms with Gasteiger partial charge in [0.05, 0.1) is 6.42 Å². The average molecular weight is 133 g/mol. The summed E-state index contributed by atoms with van der Waals surface area (Å²) in [5.41, 5.74) is 1.16. The Balaban J connectivity index is 3.49. The Kier molecular flexibility index (Phi) is 5.57. The van der Waals surface area contributed by atoms with Gasteiger partial charge in [-0.25, -0.2) is 0 Å². The van der Waals surface area contributed by atoms with Gasteiger partial charge in [0.15, 0.2) is 0 Å². The summed E-state index contributed by atoms with van der Waals surface area (Å²) >= 11 is 0. The second kappa shape index (κ2) is 6.16. The lowest BCUT2D eigenvalue weighted by Crippen LogP contribution is -1.74. The lowest BCUT2D eigenvalue weighted by molar-refractivity contribution is 1.04. The summed E-state index contributed by atoms with van der Waals surface area (Å²) in [4.78, 5) is 0. The Morgan fingerprint density at radius 3 is 2.80 bits per heavy atom. The van der Waals surface area contributed by atoms with E-state index in [0.717, 1.165) is 18.4 Å². The average Bonchev–Trinajstić information content (AvgIpc) is 1.89. The fraction of sp³-hybridized carbons (Fsp3) is 0.300. The van der Waals surface area contributed by atoms with Crippen LogP contribution in [0.5, 0.6) is 0 Å². The van der Waals surface area contributed by atoms with Crippen LogP contribution in [0.2, 0.25) is 0 Å². The first kappa shape index (κ1) is 9.04. The van der Waals surface area contributed by atoms with Gasteiger partial charge in [-0.15, -0.1) is 13.0 Å². The standard InChI is InChI=1S/C10H13/c1-4-6-7-9-10(3)8-5-2/h2,4,8-9H,1,6-7H2,3H3/b10-9+. The molecule has 0 heteroatoms. The van der Waals surface area contributed by atoms with Gasteiger partial charge >= 0.3 is 0 Å². The van der Waals surface area contributed by atoms with E-state index in [1.165, 1.54) is 0 Å². The smallest absolute Gasteiger partial charge is 0.0582 e. The van der Waals surface area contributed by atoms with Crippen molar-refractivity contribution in [1.29, 1.82) is 0 Å². The number of hydrogen-bond donors (Lipinski definition) is 0. The Morgan fingerprint density at radius 2 is 2.30 bits per heavy atom. The number of rotatable bonds is 4. The molecule has 0 aliphatic rings. The molecule has 0 aromatic rings. The summed E-state index contributed by atoms with van der Waals surface area (Å²) < 4.78 is 0. The van der Waals surface area contributed by atoms with Crippen molar-refractivity contribution in [2.24, 2.45) is 0 Å². The van der Waals surface area contributed by atoms with Crippen molar-refractivity contribution in [2.45, 2.75) is 19.8 Å². The van der Waals surface area contributed by atoms with Crippen LogP contribution >= 0.6 is 0 Å². The molecule has 0 unspecified atom stereocenters. The van der Waals surface area contributed by atoms with E-state index in [1.54, 1.807) is 6.42 Å². The summed E-state index contributed by atoms with van der Waals surface area (Å²) in [5, 5.41) is 0. The van der Waals surface area contributed by atoms with Crippen molar-refractivity contribution < 1.29 is 0 Å². The fourth-order valence-electron chi connectivity index (χ4n) is 0.619. The van der Waals surface area contributed by atoms with Gasteiger partial charge in [-0.3, -0.25) is 0 Å². The Morgan fingerprint density at radius 1 is 1.60 bits per heavy atom. The Bertz CT molecular complexity index is 155. The van der Waals surface area contributed by atoms with Crippen molar-refractivity contribution in [3.05, 3.63) is 30.7 Å². The minimum atomic E-state index is 1.02. The Hall–Kier alpha value is -0.960. The summed E-state index contributed by atoms with van der Waals surface area (Å²) in [6, 6.07) is 0. The lowest BCUT2D eigenvalue weighted by Gasteiger charge is -1.91. The molecule has 0 aromatic heterocycles. The largest absolute Gasteiger partial charge is 0.119 e. The minimum absolute atomic E-state index is 1.02. The molecule has 0 saturated carbocycles. The summed E-state index contributed by atoms with van der Waals surface area (Å²) in [5.74, 6) is 2.48. The molecule has 0 N–H and O–H groups in total. The van der Waals surface area contributed by atoms with E-state index in [9.17, 15) is 0 Å². The molecule has 0 aliphatic heterocycles. The quantitative estimate of drug-likeness (QED) is 0.314. The van der Waals surface area contributed by atoms with E-state index in [0.29, 0.717) is 0 Å². The maximum atomic E-state index is 5.07. The van der Waals surface area contributed by atoms with Gasteiger partial charge in [0, 0.05) is 0 Å². The molecule has 53 valence electrons. The maximum Gasteiger partial charge on any atom is 0.0582 e. The van der Waals surface area contributed by atoms with Crippen molar-refractivity contribution in [1.82, 2.24) is 0 Å². The number of unbranched alkanes of at least 4 members (excludes halogenated alkanes) is 1. The second-order valence-electron chi connectivity index (χ2n) is 2.13. The van der Waals surface area contributed by atoms with Crippen molar-refractivity contribution in [3.8, 4) is 12.3 Å². The predicted octanol–water partition coefficient (Wildman–Crippen LogP) is 2.74. The molecule has 0 saturated heterocycles. The molecule has 0 bridgehead atoms. The normalized spacial score (nSPS) is 10.6. The van der Waals surface area contributed by atoms with Gasteiger partial charge in [-0.1, -0.05) is 23.6 Å². The predicted molar refractivity (Wildman–Crippen MR) is 46.3 cm³/mol. The third-order valence-corrected chi connectivity index (χ3v) is 1.15. The van der Waals surface area contributed by atoms with Crippen LogP contribution in [0.1, 0.15) is 19.8 Å². The van der Waals surface area contributed by atoms with Crippen LogP contribution in [0.4, 0.5) is 0 Å². The fourth-order valence-corrected chi connectivity index (χ4v) is 0.619. The van der Waals surface area contributed by atoms with Crippen LogP contribution < -0.4 is 0 Å². The molecule has 0 atom stereocenters. The van der Waals surface area contributed by atoms with Crippen LogP contribution in [0.25, 0.3) is 0 Å². The molecule has 0 spiro atoms. The van der Waals surface area contributed by atoms with E-state index in [2.05, 4.69) is 18.6 Å². The number of terminal acetylenes is 1. The Labute approximate surface area is 63.6 Å². The van der Waals surface area contributed by atoms with Crippen LogP contribution in [0.15, 0.2) is 24.3 Å². The number of allylic oxidation sites excluding steroid dienone is 3. The zero-order chi connectivity index (χ0) is 7.82. The first-order valence-electron chi connectivity index (χ1n) is 3.38. The molecule has 0 nitrogen and oxygen atoms in total. The van der Waals surface area contributed by atoms with E-state index >= 15 is 0 Å². The third-order valence-electron chi connectivity index (χ3n) is 1.15. The summed E-state index contributed by atoms with van der Waals surface area (Å²) in [7, 11) is 0. The van der Waals surface area contributed by atoms with Gasteiger partial charge in [0.25, 0.3) is 0 Å². The molecule has 10 heavy (non-hydrogen) atoms. The summed E-state index contributed by atoms with van der Waals surface area (Å²) in [6.45, 7) is 5.63. The zero-order valence-electron chi connectivity index (χ0n) is 6.43. The minimum Gasteiger partial charge on any atom is -0.119 e. The SMILES string of the molecule is C#C[CH]/C(C)=C/CCC=C. The van der Waals surface area contributed by atoms with Crippen molar-refractivity contribution >= 4 is 0 Å². The molecule has 0 heterocycles. The molecule has 0 amide bonds. The molecule has 0 rings (SSSR count). The van der Waals surface area contributed by atoms with Crippen molar-refractivity contribution in [3.63, 3.8) is 0 Å². The van der Waals surface area contributed by atoms with E-state index < -0.39 is 0 Å². The highest BCUT2D eigenvalue weighted by molar-refractivity contribution is 5.23.